The van der Waals surface area contributed by atoms with E-state index in [2.05, 4.69) is 17.6 Å². The van der Waals surface area contributed by atoms with Gasteiger partial charge in [-0.05, 0) is 32.2 Å². The molecule has 0 radical (unpaired) electrons. The van der Waals surface area contributed by atoms with Crippen molar-refractivity contribution in [2.45, 2.75) is 51.1 Å². The Morgan fingerprint density at radius 1 is 1.44 bits per heavy atom. The molecule has 1 unspecified atom stereocenters. The first-order chi connectivity index (χ1) is 8.72. The summed E-state index contributed by atoms with van der Waals surface area (Å²) in [6.45, 7) is 4.80. The fraction of sp³-hybridized carbons (Fsp3) is 0.846. The molecule has 0 aromatic rings. The summed E-state index contributed by atoms with van der Waals surface area (Å²) < 4.78 is 0. The van der Waals surface area contributed by atoms with E-state index in [1.54, 1.807) is 0 Å². The lowest BCUT2D eigenvalue weighted by Gasteiger charge is -2.36. The van der Waals surface area contributed by atoms with Crippen LogP contribution in [0.2, 0.25) is 0 Å². The molecule has 0 aliphatic carbocycles. The van der Waals surface area contributed by atoms with Gasteiger partial charge in [0.05, 0.1) is 0 Å². The molecule has 0 bridgehead atoms. The van der Waals surface area contributed by atoms with Crippen LogP contribution in [0.5, 0.6) is 0 Å². The molecular weight excluding hydrogens is 230 g/mol. The third-order valence-electron chi connectivity index (χ3n) is 3.75. The Morgan fingerprint density at radius 2 is 2.28 bits per heavy atom. The molecule has 2 rings (SSSR count). The van der Waals surface area contributed by atoms with E-state index in [-0.39, 0.29) is 17.9 Å². The molecule has 2 fully saturated rings. The highest BCUT2D eigenvalue weighted by Crippen LogP contribution is 2.16. The minimum Gasteiger partial charge on any atom is -0.344 e. The third kappa shape index (κ3) is 3.02. The lowest BCUT2D eigenvalue weighted by Crippen LogP contribution is -2.53. The predicted octanol–water partition coefficient (Wildman–Crippen LogP) is 0.256. The van der Waals surface area contributed by atoms with Gasteiger partial charge < -0.3 is 15.5 Å². The number of hydrogen-bond donors (Lipinski definition) is 2. The normalized spacial score (nSPS) is 27.9. The van der Waals surface area contributed by atoms with Gasteiger partial charge in [-0.3, -0.25) is 9.59 Å². The van der Waals surface area contributed by atoms with Crippen LogP contribution in [0, 0.1) is 0 Å². The summed E-state index contributed by atoms with van der Waals surface area (Å²) in [7, 11) is 0. The number of rotatable bonds is 4. The second-order valence-corrected chi connectivity index (χ2v) is 5.19. The Hall–Kier alpha value is -1.10. The first-order valence-corrected chi connectivity index (χ1v) is 7.03. The molecule has 2 aliphatic heterocycles. The van der Waals surface area contributed by atoms with Gasteiger partial charge in [0.25, 0.3) is 0 Å². The average Bonchev–Trinajstić information content (AvgIpc) is 2.83. The highest BCUT2D eigenvalue weighted by Gasteiger charge is 2.33. The van der Waals surface area contributed by atoms with Crippen molar-refractivity contribution in [1.29, 1.82) is 0 Å². The lowest BCUT2D eigenvalue weighted by atomic mass is 10.0. The fourth-order valence-electron chi connectivity index (χ4n) is 2.81. The van der Waals surface area contributed by atoms with Crippen LogP contribution in [-0.2, 0) is 9.59 Å². The van der Waals surface area contributed by atoms with Crippen LogP contribution in [0.4, 0.5) is 0 Å². The van der Waals surface area contributed by atoms with E-state index < -0.39 is 0 Å². The van der Waals surface area contributed by atoms with Crippen LogP contribution in [0.1, 0.15) is 39.0 Å². The maximum Gasteiger partial charge on any atom is 0.245 e. The third-order valence-corrected chi connectivity index (χ3v) is 3.75. The Morgan fingerprint density at radius 3 is 2.83 bits per heavy atom. The molecule has 2 heterocycles. The molecule has 18 heavy (non-hydrogen) atoms. The summed E-state index contributed by atoms with van der Waals surface area (Å²) in [5.74, 6) is 0.114. The second-order valence-electron chi connectivity index (χ2n) is 5.19. The van der Waals surface area contributed by atoms with Gasteiger partial charge >= 0.3 is 0 Å². The largest absolute Gasteiger partial charge is 0.344 e. The van der Waals surface area contributed by atoms with Crippen LogP contribution >= 0.6 is 0 Å². The number of piperidine rings is 1. The van der Waals surface area contributed by atoms with Crippen molar-refractivity contribution < 1.29 is 9.59 Å². The predicted molar refractivity (Wildman–Crippen MR) is 69.1 cm³/mol. The fourth-order valence-corrected chi connectivity index (χ4v) is 2.81. The summed E-state index contributed by atoms with van der Waals surface area (Å²) in [6.07, 6.45) is 4.29. The zero-order valence-corrected chi connectivity index (χ0v) is 11.1. The van der Waals surface area contributed by atoms with Gasteiger partial charge in [0, 0.05) is 25.6 Å². The van der Waals surface area contributed by atoms with Crippen LogP contribution in [-0.4, -0.2) is 48.4 Å². The number of nitrogens with zero attached hydrogens (tertiary/aromatic N) is 1. The minimum atomic E-state index is -0.286. The molecule has 0 spiro atoms. The first kappa shape index (κ1) is 13.3. The number of amides is 2. The van der Waals surface area contributed by atoms with E-state index in [0.717, 1.165) is 38.9 Å². The molecule has 5 nitrogen and oxygen atoms in total. The molecule has 5 heteroatoms. The van der Waals surface area contributed by atoms with Crippen molar-refractivity contribution >= 4 is 11.8 Å². The van der Waals surface area contributed by atoms with Crippen molar-refractivity contribution in [2.24, 2.45) is 0 Å². The topological polar surface area (TPSA) is 61.4 Å². The maximum atomic E-state index is 12.5. The van der Waals surface area contributed by atoms with Crippen LogP contribution in [0.15, 0.2) is 0 Å². The summed E-state index contributed by atoms with van der Waals surface area (Å²) in [6, 6.07) is 0.00896. The molecule has 0 aromatic heterocycles. The van der Waals surface area contributed by atoms with E-state index in [4.69, 9.17) is 0 Å². The number of carbonyl (C=O) groups is 2. The quantitative estimate of drug-likeness (QED) is 0.755. The van der Waals surface area contributed by atoms with Crippen molar-refractivity contribution in [3.8, 4) is 0 Å². The molecule has 2 N–H and O–H groups in total. The Balaban J connectivity index is 1.99. The number of carbonyl (C=O) groups excluding carboxylic acids is 2. The van der Waals surface area contributed by atoms with Crippen LogP contribution in [0.25, 0.3) is 0 Å². The highest BCUT2D eigenvalue weighted by atomic mass is 16.2. The van der Waals surface area contributed by atoms with Crippen molar-refractivity contribution in [3.05, 3.63) is 0 Å². The minimum absolute atomic E-state index is 0.00608. The zero-order valence-electron chi connectivity index (χ0n) is 11.1. The van der Waals surface area contributed by atoms with E-state index >= 15 is 0 Å². The molecular formula is C13H23N3O2. The molecule has 2 aliphatic rings. The molecule has 0 aromatic carbocycles. The lowest BCUT2D eigenvalue weighted by molar-refractivity contribution is -0.137. The Labute approximate surface area is 108 Å². The van der Waals surface area contributed by atoms with Gasteiger partial charge in [-0.1, -0.05) is 6.92 Å². The van der Waals surface area contributed by atoms with Gasteiger partial charge in [0.1, 0.15) is 6.04 Å². The molecule has 102 valence electrons. The number of hydrogen-bond acceptors (Lipinski definition) is 3. The maximum absolute atomic E-state index is 12.5. The molecule has 0 saturated carbocycles. The summed E-state index contributed by atoms with van der Waals surface area (Å²) in [5, 5.41) is 6.13. The molecule has 2 amide bonds. The van der Waals surface area contributed by atoms with E-state index in [1.165, 1.54) is 0 Å². The van der Waals surface area contributed by atoms with E-state index in [0.29, 0.717) is 18.9 Å². The summed E-state index contributed by atoms with van der Waals surface area (Å²) >= 11 is 0. The number of nitrogens with one attached hydrogen (secondary N) is 2. The summed E-state index contributed by atoms with van der Waals surface area (Å²) in [4.78, 5) is 25.7. The van der Waals surface area contributed by atoms with Gasteiger partial charge in [-0.15, -0.1) is 0 Å². The van der Waals surface area contributed by atoms with Crippen LogP contribution < -0.4 is 10.6 Å². The van der Waals surface area contributed by atoms with E-state index in [1.807, 2.05) is 4.90 Å². The SMILES string of the molecule is CCCN(C(=O)[C@@H]1CCC(=O)N1)C1CCCNC1. The second kappa shape index (κ2) is 6.18. The average molecular weight is 253 g/mol. The van der Waals surface area contributed by atoms with Gasteiger partial charge in [-0.25, -0.2) is 0 Å². The zero-order chi connectivity index (χ0) is 13.0. The molecule has 2 saturated heterocycles. The van der Waals surface area contributed by atoms with Gasteiger partial charge in [0.15, 0.2) is 0 Å². The van der Waals surface area contributed by atoms with Crippen LogP contribution in [0.3, 0.4) is 0 Å². The highest BCUT2D eigenvalue weighted by molar-refractivity contribution is 5.91. The Bertz CT molecular complexity index is 313. The van der Waals surface area contributed by atoms with Crippen molar-refractivity contribution in [2.75, 3.05) is 19.6 Å². The Kier molecular flexibility index (Phi) is 4.58. The summed E-state index contributed by atoms with van der Waals surface area (Å²) in [5.41, 5.74) is 0. The van der Waals surface area contributed by atoms with E-state index in [9.17, 15) is 9.59 Å². The van der Waals surface area contributed by atoms with Crippen molar-refractivity contribution in [3.63, 3.8) is 0 Å². The smallest absolute Gasteiger partial charge is 0.245 e. The standard InChI is InChI=1S/C13H23N3O2/c1-2-8-16(10-4-3-7-14-9-10)13(18)11-5-6-12(17)15-11/h10-11,14H,2-9H2,1H3,(H,15,17)/t10?,11-/m0/s1. The first-order valence-electron chi connectivity index (χ1n) is 7.03. The van der Waals surface area contributed by atoms with Gasteiger partial charge in [0.2, 0.25) is 11.8 Å². The molecule has 2 atom stereocenters. The van der Waals surface area contributed by atoms with Gasteiger partial charge in [-0.2, -0.15) is 0 Å². The monoisotopic (exact) mass is 253 g/mol. The van der Waals surface area contributed by atoms with Crippen molar-refractivity contribution in [1.82, 2.24) is 15.5 Å².